The second-order valence-electron chi connectivity index (χ2n) is 7.19. The van der Waals surface area contributed by atoms with Gasteiger partial charge in [0.1, 0.15) is 0 Å². The summed E-state index contributed by atoms with van der Waals surface area (Å²) in [6.07, 6.45) is 1.05. The van der Waals surface area contributed by atoms with Crippen LogP contribution in [-0.2, 0) is 27.9 Å². The van der Waals surface area contributed by atoms with Crippen molar-refractivity contribution in [2.24, 2.45) is 16.0 Å². The zero-order valence-corrected chi connectivity index (χ0v) is 17.4. The molecule has 3 N–H and O–H groups in total. The Morgan fingerprint density at radius 3 is 2.69 bits per heavy atom. The SMILES string of the molecule is CN=C(NCc1cccc(S(N)(=O)=O)c1)N1CCC(COCc2ccccc2)C1. The molecule has 1 heterocycles. The number of primary sulfonamides is 1. The minimum absolute atomic E-state index is 0.114. The fourth-order valence-electron chi connectivity index (χ4n) is 3.42. The molecule has 1 atom stereocenters. The quantitative estimate of drug-likeness (QED) is 0.531. The van der Waals surface area contributed by atoms with Crippen LogP contribution in [0.4, 0.5) is 0 Å². The van der Waals surface area contributed by atoms with E-state index in [1.165, 1.54) is 11.6 Å². The maximum Gasteiger partial charge on any atom is 0.238 e. The van der Waals surface area contributed by atoms with Crippen LogP contribution in [0.25, 0.3) is 0 Å². The number of aliphatic imine (C=N–C) groups is 1. The van der Waals surface area contributed by atoms with Gasteiger partial charge in [-0.05, 0) is 29.7 Å². The lowest BCUT2D eigenvalue weighted by Crippen LogP contribution is -2.39. The highest BCUT2D eigenvalue weighted by Crippen LogP contribution is 2.18. The van der Waals surface area contributed by atoms with E-state index >= 15 is 0 Å². The van der Waals surface area contributed by atoms with E-state index in [0.29, 0.717) is 19.1 Å². The number of sulfonamides is 1. The number of guanidine groups is 1. The first-order chi connectivity index (χ1) is 14.0. The Kier molecular flexibility index (Phi) is 7.24. The molecular weight excluding hydrogens is 388 g/mol. The van der Waals surface area contributed by atoms with Crippen molar-refractivity contribution >= 4 is 16.0 Å². The molecule has 0 amide bonds. The van der Waals surface area contributed by atoms with Gasteiger partial charge in [-0.15, -0.1) is 0 Å². The first-order valence-corrected chi connectivity index (χ1v) is 11.2. The van der Waals surface area contributed by atoms with E-state index in [9.17, 15) is 8.42 Å². The topological polar surface area (TPSA) is 97.0 Å². The summed E-state index contributed by atoms with van der Waals surface area (Å²) in [6, 6.07) is 16.8. The lowest BCUT2D eigenvalue weighted by atomic mass is 10.1. The average molecular weight is 417 g/mol. The Balaban J connectivity index is 1.47. The lowest BCUT2D eigenvalue weighted by Gasteiger charge is -2.22. The second kappa shape index (κ2) is 9.87. The van der Waals surface area contributed by atoms with E-state index < -0.39 is 10.0 Å². The molecule has 156 valence electrons. The molecule has 0 aromatic heterocycles. The van der Waals surface area contributed by atoms with Gasteiger partial charge >= 0.3 is 0 Å². The predicted molar refractivity (Wildman–Crippen MR) is 114 cm³/mol. The Hall–Kier alpha value is -2.42. The molecule has 1 fully saturated rings. The van der Waals surface area contributed by atoms with Crippen molar-refractivity contribution < 1.29 is 13.2 Å². The molecule has 7 nitrogen and oxygen atoms in total. The highest BCUT2D eigenvalue weighted by molar-refractivity contribution is 7.89. The van der Waals surface area contributed by atoms with Gasteiger partial charge in [-0.25, -0.2) is 13.6 Å². The monoisotopic (exact) mass is 416 g/mol. The third kappa shape index (κ3) is 6.28. The minimum Gasteiger partial charge on any atom is -0.376 e. The number of nitrogens with one attached hydrogen (secondary N) is 1. The summed E-state index contributed by atoms with van der Waals surface area (Å²) in [5.74, 6) is 1.26. The standard InChI is InChI=1S/C21H28N4O3S/c1-23-21(24-13-18-8-5-9-20(12-18)29(22,26)27)25-11-10-19(14-25)16-28-15-17-6-3-2-4-7-17/h2-9,12,19H,10-11,13-16H2,1H3,(H,23,24)(H2,22,26,27). The van der Waals surface area contributed by atoms with E-state index in [-0.39, 0.29) is 4.90 Å². The first kappa shape index (κ1) is 21.3. The summed E-state index contributed by atoms with van der Waals surface area (Å²) in [6.45, 7) is 3.62. The molecule has 2 aromatic carbocycles. The van der Waals surface area contributed by atoms with E-state index in [1.807, 2.05) is 24.3 Å². The molecule has 1 aliphatic rings. The summed E-state index contributed by atoms with van der Waals surface area (Å²) in [7, 11) is -1.95. The molecule has 1 aliphatic heterocycles. The highest BCUT2D eigenvalue weighted by Gasteiger charge is 2.25. The van der Waals surface area contributed by atoms with Crippen molar-refractivity contribution in [2.45, 2.75) is 24.5 Å². The van der Waals surface area contributed by atoms with E-state index in [2.05, 4.69) is 27.3 Å². The Morgan fingerprint density at radius 1 is 1.21 bits per heavy atom. The molecule has 0 radical (unpaired) electrons. The number of hydrogen-bond donors (Lipinski definition) is 2. The Labute approximate surface area is 172 Å². The summed E-state index contributed by atoms with van der Waals surface area (Å²) in [5, 5.41) is 8.52. The third-order valence-corrected chi connectivity index (χ3v) is 5.85. The van der Waals surface area contributed by atoms with Crippen LogP contribution in [0.1, 0.15) is 17.5 Å². The van der Waals surface area contributed by atoms with Crippen molar-refractivity contribution in [1.82, 2.24) is 10.2 Å². The van der Waals surface area contributed by atoms with Gasteiger partial charge in [0.2, 0.25) is 10.0 Å². The third-order valence-electron chi connectivity index (χ3n) is 4.94. The predicted octanol–water partition coefficient (Wildman–Crippen LogP) is 1.95. The van der Waals surface area contributed by atoms with Crippen LogP contribution in [0.15, 0.2) is 64.5 Å². The van der Waals surface area contributed by atoms with Crippen LogP contribution in [0, 0.1) is 5.92 Å². The van der Waals surface area contributed by atoms with Crippen LogP contribution >= 0.6 is 0 Å². The number of nitrogens with zero attached hydrogens (tertiary/aromatic N) is 2. The van der Waals surface area contributed by atoms with Crippen LogP contribution < -0.4 is 10.5 Å². The number of nitrogens with two attached hydrogens (primary N) is 1. The smallest absolute Gasteiger partial charge is 0.238 e. The maximum absolute atomic E-state index is 11.5. The zero-order valence-electron chi connectivity index (χ0n) is 16.6. The fourth-order valence-corrected chi connectivity index (χ4v) is 4.01. The lowest BCUT2D eigenvalue weighted by molar-refractivity contribution is 0.0906. The molecule has 1 saturated heterocycles. The van der Waals surface area contributed by atoms with Crippen LogP contribution in [0.3, 0.4) is 0 Å². The first-order valence-electron chi connectivity index (χ1n) is 9.64. The van der Waals surface area contributed by atoms with Crippen LogP contribution in [0.5, 0.6) is 0 Å². The van der Waals surface area contributed by atoms with Crippen molar-refractivity contribution in [2.75, 3.05) is 26.7 Å². The summed E-state index contributed by atoms with van der Waals surface area (Å²) >= 11 is 0. The van der Waals surface area contributed by atoms with Gasteiger partial charge in [-0.3, -0.25) is 4.99 Å². The Morgan fingerprint density at radius 2 is 1.97 bits per heavy atom. The number of hydrogen-bond acceptors (Lipinski definition) is 4. The van der Waals surface area contributed by atoms with Gasteiger partial charge in [-0.1, -0.05) is 42.5 Å². The van der Waals surface area contributed by atoms with Crippen LogP contribution in [-0.4, -0.2) is 46.0 Å². The number of rotatable bonds is 7. The normalized spacial score (nSPS) is 17.5. The van der Waals surface area contributed by atoms with Gasteiger partial charge in [0.25, 0.3) is 0 Å². The highest BCUT2D eigenvalue weighted by atomic mass is 32.2. The molecular formula is C21H28N4O3S. The molecule has 1 unspecified atom stereocenters. The number of likely N-dealkylation sites (tertiary alicyclic amines) is 1. The fraction of sp³-hybridized carbons (Fsp3) is 0.381. The van der Waals surface area contributed by atoms with E-state index in [0.717, 1.165) is 37.6 Å². The second-order valence-corrected chi connectivity index (χ2v) is 8.76. The maximum atomic E-state index is 11.5. The zero-order chi connectivity index (χ0) is 20.7. The van der Waals surface area contributed by atoms with Crippen molar-refractivity contribution in [3.05, 3.63) is 65.7 Å². The number of benzene rings is 2. The van der Waals surface area contributed by atoms with E-state index in [4.69, 9.17) is 9.88 Å². The van der Waals surface area contributed by atoms with Crippen molar-refractivity contribution in [1.29, 1.82) is 0 Å². The molecule has 0 aliphatic carbocycles. The molecule has 8 heteroatoms. The van der Waals surface area contributed by atoms with Gasteiger partial charge in [0.15, 0.2) is 5.96 Å². The van der Waals surface area contributed by atoms with Gasteiger partial charge in [0.05, 0.1) is 18.1 Å². The van der Waals surface area contributed by atoms with E-state index in [1.54, 1.807) is 19.2 Å². The molecule has 3 rings (SSSR count). The van der Waals surface area contributed by atoms with Crippen LogP contribution in [0.2, 0.25) is 0 Å². The Bertz CT molecular complexity index is 932. The molecule has 0 spiro atoms. The summed E-state index contributed by atoms with van der Waals surface area (Å²) in [4.78, 5) is 6.69. The van der Waals surface area contributed by atoms with Gasteiger partial charge < -0.3 is 15.0 Å². The average Bonchev–Trinajstić information content (AvgIpc) is 3.18. The van der Waals surface area contributed by atoms with Crippen molar-refractivity contribution in [3.63, 3.8) is 0 Å². The molecule has 2 aromatic rings. The summed E-state index contributed by atoms with van der Waals surface area (Å²) in [5.41, 5.74) is 2.01. The number of ether oxygens (including phenoxy) is 1. The van der Waals surface area contributed by atoms with Gasteiger partial charge in [0, 0.05) is 32.6 Å². The summed E-state index contributed by atoms with van der Waals surface area (Å²) < 4.78 is 28.9. The minimum atomic E-state index is -3.70. The van der Waals surface area contributed by atoms with Crippen molar-refractivity contribution in [3.8, 4) is 0 Å². The molecule has 0 saturated carbocycles. The molecule has 29 heavy (non-hydrogen) atoms. The molecule has 0 bridgehead atoms. The largest absolute Gasteiger partial charge is 0.376 e. The van der Waals surface area contributed by atoms with Gasteiger partial charge in [-0.2, -0.15) is 0 Å².